The highest BCUT2D eigenvalue weighted by Crippen LogP contribution is 2.45. The van der Waals surface area contributed by atoms with Crippen LogP contribution in [0.5, 0.6) is 0 Å². The standard InChI is InChI=1S/C73H142O17P2/c1-9-64(6)50-42-34-26-20-16-14-12-13-15-17-23-29-39-47-55-72(77)89-68(59-83-70(75)53-45-37-28-22-19-18-21-27-35-43-51-65(7)10-2)61-87-91(79,80)85-57-67(74)58-86-92(81,82)88-62-69(90-73(78)56-48-40-32-31-36-44-52-66(8)11-3)60-84-71(76)54-46-38-30-24-25-33-41-49-63(4)5/h63-69,74H,9-62H2,1-8H3,(H,79,80)(H,81,82)/t64?,65?,66?,67?,68-,69-/m1/s1. The van der Waals surface area contributed by atoms with E-state index >= 15 is 0 Å². The van der Waals surface area contributed by atoms with Crippen molar-refractivity contribution in [1.29, 1.82) is 0 Å². The fourth-order valence-electron chi connectivity index (χ4n) is 10.9. The molecule has 0 rings (SSSR count). The molecule has 0 aromatic heterocycles. The summed E-state index contributed by atoms with van der Waals surface area (Å²) in [6, 6.07) is 0. The third-order valence-corrected chi connectivity index (χ3v) is 19.8. The largest absolute Gasteiger partial charge is 0.472 e. The number of phosphoric acid groups is 2. The number of phosphoric ester groups is 2. The molecule has 0 bridgehead atoms. The molecule has 17 nitrogen and oxygen atoms in total. The highest BCUT2D eigenvalue weighted by molar-refractivity contribution is 7.47. The van der Waals surface area contributed by atoms with E-state index in [-0.39, 0.29) is 25.7 Å². The maximum atomic E-state index is 13.1. The van der Waals surface area contributed by atoms with Crippen LogP contribution in [0.4, 0.5) is 0 Å². The number of unbranched alkanes of at least 4 members (excludes halogenated alkanes) is 33. The molecule has 0 aliphatic heterocycles. The summed E-state index contributed by atoms with van der Waals surface area (Å²) in [6.45, 7) is 14.2. The normalized spacial score (nSPS) is 15.1. The summed E-state index contributed by atoms with van der Waals surface area (Å²) in [5.41, 5.74) is 0. The van der Waals surface area contributed by atoms with Crippen molar-refractivity contribution >= 4 is 39.5 Å². The molecule has 0 aliphatic carbocycles. The first-order valence-electron chi connectivity index (χ1n) is 37.8. The van der Waals surface area contributed by atoms with Crippen LogP contribution in [0.2, 0.25) is 0 Å². The minimum absolute atomic E-state index is 0.102. The highest BCUT2D eigenvalue weighted by atomic mass is 31.2. The third-order valence-electron chi connectivity index (χ3n) is 17.9. The fourth-order valence-corrected chi connectivity index (χ4v) is 12.5. The number of aliphatic hydroxyl groups excluding tert-OH is 1. The Balaban J connectivity index is 5.25. The van der Waals surface area contributed by atoms with Crippen LogP contribution in [0.15, 0.2) is 0 Å². The molecule has 0 fully saturated rings. The van der Waals surface area contributed by atoms with Crippen molar-refractivity contribution in [1.82, 2.24) is 0 Å². The molecule has 0 saturated heterocycles. The molecule has 0 spiro atoms. The number of esters is 4. The van der Waals surface area contributed by atoms with E-state index in [2.05, 4.69) is 55.4 Å². The summed E-state index contributed by atoms with van der Waals surface area (Å²) in [7, 11) is -9.91. The average molecular weight is 1350 g/mol. The Bertz CT molecular complexity index is 1820. The predicted molar refractivity (Wildman–Crippen MR) is 372 cm³/mol. The fraction of sp³-hybridized carbons (Fsp3) is 0.945. The SMILES string of the molecule is CCC(C)CCCCCCCCCCCCCCCCC(=O)O[C@H](COC(=O)CCCCCCCCCCCCC(C)CC)COP(=O)(O)OCC(O)COP(=O)(O)OC[C@@H](COC(=O)CCCCCCCCCC(C)C)OC(=O)CCCCCCCCC(C)CC. The predicted octanol–water partition coefficient (Wildman–Crippen LogP) is 20.9. The molecule has 8 atom stereocenters. The summed E-state index contributed by atoms with van der Waals surface area (Å²) in [5, 5.41) is 10.6. The number of carbonyl (C=O) groups excluding carboxylic acids is 4. The number of ether oxygens (including phenoxy) is 4. The van der Waals surface area contributed by atoms with Gasteiger partial charge in [0.05, 0.1) is 26.4 Å². The van der Waals surface area contributed by atoms with E-state index in [1.807, 2.05) is 0 Å². The maximum absolute atomic E-state index is 13.1. The monoisotopic (exact) mass is 1350 g/mol. The van der Waals surface area contributed by atoms with Gasteiger partial charge in [0, 0.05) is 25.7 Å². The van der Waals surface area contributed by atoms with Gasteiger partial charge in [0.25, 0.3) is 0 Å². The van der Waals surface area contributed by atoms with Gasteiger partial charge in [0.2, 0.25) is 0 Å². The Morgan fingerprint density at radius 1 is 0.304 bits per heavy atom. The van der Waals surface area contributed by atoms with Gasteiger partial charge >= 0.3 is 39.5 Å². The number of rotatable bonds is 70. The Kier molecular flexibility index (Phi) is 61.3. The van der Waals surface area contributed by atoms with Crippen molar-refractivity contribution in [2.75, 3.05) is 39.6 Å². The Morgan fingerprint density at radius 3 is 0.772 bits per heavy atom. The van der Waals surface area contributed by atoms with Crippen LogP contribution in [-0.4, -0.2) is 96.7 Å². The minimum atomic E-state index is -4.96. The number of carbonyl (C=O) groups is 4. The molecule has 546 valence electrons. The van der Waals surface area contributed by atoms with Gasteiger partial charge in [-0.3, -0.25) is 37.3 Å². The molecule has 0 amide bonds. The summed E-state index contributed by atoms with van der Waals surface area (Å²) in [4.78, 5) is 72.6. The lowest BCUT2D eigenvalue weighted by Gasteiger charge is -2.21. The van der Waals surface area contributed by atoms with Crippen LogP contribution in [0.25, 0.3) is 0 Å². The van der Waals surface area contributed by atoms with E-state index in [4.69, 9.17) is 37.0 Å². The molecule has 0 radical (unpaired) electrons. The topological polar surface area (TPSA) is 237 Å². The first-order chi connectivity index (χ1) is 44.2. The van der Waals surface area contributed by atoms with E-state index in [0.717, 1.165) is 114 Å². The number of hydrogen-bond acceptors (Lipinski definition) is 15. The summed E-state index contributed by atoms with van der Waals surface area (Å²) in [5.74, 6) is 0.952. The second-order valence-corrected chi connectivity index (χ2v) is 30.4. The van der Waals surface area contributed by atoms with Crippen LogP contribution in [0.1, 0.15) is 364 Å². The van der Waals surface area contributed by atoms with Crippen LogP contribution >= 0.6 is 15.6 Å². The zero-order chi connectivity index (χ0) is 68.2. The van der Waals surface area contributed by atoms with Crippen LogP contribution in [0.3, 0.4) is 0 Å². The van der Waals surface area contributed by atoms with Gasteiger partial charge in [0.1, 0.15) is 19.3 Å². The van der Waals surface area contributed by atoms with Gasteiger partial charge in [-0.1, -0.05) is 312 Å². The molecular formula is C73H142O17P2. The molecule has 0 aromatic carbocycles. The Labute approximate surface area is 562 Å². The number of hydrogen-bond donors (Lipinski definition) is 3. The van der Waals surface area contributed by atoms with E-state index in [1.165, 1.54) is 161 Å². The molecule has 0 aliphatic rings. The second-order valence-electron chi connectivity index (χ2n) is 27.5. The van der Waals surface area contributed by atoms with Gasteiger partial charge in [-0.15, -0.1) is 0 Å². The molecule has 6 unspecified atom stereocenters. The minimum Gasteiger partial charge on any atom is -0.462 e. The lowest BCUT2D eigenvalue weighted by atomic mass is 9.99. The number of aliphatic hydroxyl groups is 1. The average Bonchev–Trinajstić information content (AvgIpc) is 1.95. The summed E-state index contributed by atoms with van der Waals surface area (Å²) >= 11 is 0. The summed E-state index contributed by atoms with van der Waals surface area (Å²) in [6.07, 6.45) is 45.8. The van der Waals surface area contributed by atoms with Crippen LogP contribution in [0, 0.1) is 23.7 Å². The van der Waals surface area contributed by atoms with E-state index < -0.39 is 97.5 Å². The highest BCUT2D eigenvalue weighted by Gasteiger charge is 2.30. The van der Waals surface area contributed by atoms with Gasteiger partial charge in [-0.05, 0) is 49.4 Å². The van der Waals surface area contributed by atoms with Crippen molar-refractivity contribution in [3.63, 3.8) is 0 Å². The van der Waals surface area contributed by atoms with Gasteiger partial charge < -0.3 is 33.8 Å². The van der Waals surface area contributed by atoms with Gasteiger partial charge in [-0.2, -0.15) is 0 Å². The van der Waals surface area contributed by atoms with Crippen LogP contribution in [-0.2, 0) is 65.4 Å². The van der Waals surface area contributed by atoms with Crippen molar-refractivity contribution < 1.29 is 80.2 Å². The van der Waals surface area contributed by atoms with Crippen molar-refractivity contribution in [3.05, 3.63) is 0 Å². The first kappa shape index (κ1) is 90.1. The molecule has 0 saturated carbocycles. The van der Waals surface area contributed by atoms with Gasteiger partial charge in [0.15, 0.2) is 12.2 Å². The van der Waals surface area contributed by atoms with E-state index in [0.29, 0.717) is 31.6 Å². The van der Waals surface area contributed by atoms with Crippen molar-refractivity contribution in [3.8, 4) is 0 Å². The lowest BCUT2D eigenvalue weighted by Crippen LogP contribution is -2.30. The van der Waals surface area contributed by atoms with Crippen molar-refractivity contribution in [2.24, 2.45) is 23.7 Å². The third kappa shape index (κ3) is 62.8. The second kappa shape index (κ2) is 62.6. The molecular weight excluding hydrogens is 1210 g/mol. The zero-order valence-electron chi connectivity index (χ0n) is 60.2. The maximum Gasteiger partial charge on any atom is 0.472 e. The smallest absolute Gasteiger partial charge is 0.462 e. The summed E-state index contributed by atoms with van der Waals surface area (Å²) < 4.78 is 68.4. The zero-order valence-corrected chi connectivity index (χ0v) is 62.0. The molecule has 0 aromatic rings. The van der Waals surface area contributed by atoms with Crippen molar-refractivity contribution in [2.45, 2.75) is 382 Å². The van der Waals surface area contributed by atoms with Gasteiger partial charge in [-0.25, -0.2) is 9.13 Å². The Morgan fingerprint density at radius 2 is 0.522 bits per heavy atom. The first-order valence-corrected chi connectivity index (χ1v) is 40.8. The molecule has 92 heavy (non-hydrogen) atoms. The lowest BCUT2D eigenvalue weighted by molar-refractivity contribution is -0.161. The van der Waals surface area contributed by atoms with E-state index in [1.54, 1.807) is 0 Å². The Hall–Kier alpha value is -1.94. The molecule has 19 heteroatoms. The molecule has 0 heterocycles. The quantitative estimate of drug-likeness (QED) is 0.0222. The molecule has 3 N–H and O–H groups in total. The van der Waals surface area contributed by atoms with E-state index in [9.17, 15) is 43.2 Å². The van der Waals surface area contributed by atoms with Crippen LogP contribution < -0.4 is 0 Å².